The van der Waals surface area contributed by atoms with Crippen LogP contribution in [0, 0.1) is 0 Å². The molecule has 3 rings (SSSR count). The molecule has 0 unspecified atom stereocenters. The Balaban J connectivity index is 2.15. The van der Waals surface area contributed by atoms with E-state index in [0.29, 0.717) is 0 Å². The minimum atomic E-state index is -1.49. The van der Waals surface area contributed by atoms with Crippen molar-refractivity contribution in [3.05, 3.63) is 0 Å². The van der Waals surface area contributed by atoms with Crippen LogP contribution in [0.1, 0.15) is 129 Å². The Morgan fingerprint density at radius 2 is 0.723 bits per heavy atom. The fourth-order valence-corrected chi connectivity index (χ4v) is 11.0. The van der Waals surface area contributed by atoms with Crippen LogP contribution in [0.25, 0.3) is 0 Å². The molecule has 0 aromatic carbocycles. The third-order valence-electron chi connectivity index (χ3n) is 16.9. The molecular formula is C61H108N20O20. The van der Waals surface area contributed by atoms with E-state index in [2.05, 4.69) is 74.0 Å². The number of nitrogens with zero attached hydrogens (tertiary/aromatic N) is 2. The summed E-state index contributed by atoms with van der Waals surface area (Å²) >= 11 is 0. The average Bonchev–Trinajstić information content (AvgIpc) is 1.74. The fourth-order valence-electron chi connectivity index (χ4n) is 11.0. The number of aliphatic hydroxyl groups excluding tert-OH is 4. The molecule has 0 radical (unpaired) electrons. The van der Waals surface area contributed by atoms with Crippen LogP contribution in [-0.2, 0) is 76.8 Å². The molecule has 12 atom stereocenters. The Hall–Kier alpha value is -8.35. The number of rotatable bonds is 35. The fraction of sp³-hybridized carbons (Fsp3) is 0.754. The lowest BCUT2D eigenvalue weighted by Crippen LogP contribution is -2.59. The topological polar surface area (TPSA) is 639 Å². The highest BCUT2D eigenvalue weighted by Crippen LogP contribution is 2.22. The molecule has 3 aliphatic heterocycles. The molecule has 27 N–H and O–H groups in total. The predicted molar refractivity (Wildman–Crippen MR) is 357 cm³/mol. The second kappa shape index (κ2) is 47.7. The summed E-state index contributed by atoms with van der Waals surface area (Å²) < 4.78 is 0. The summed E-state index contributed by atoms with van der Waals surface area (Å²) in [5.41, 5.74) is 22.5. The zero-order valence-electron chi connectivity index (χ0n) is 57.4. The zero-order valence-corrected chi connectivity index (χ0v) is 57.4. The van der Waals surface area contributed by atoms with Gasteiger partial charge in [-0.25, -0.2) is 5.90 Å². The number of unbranched alkanes of at least 4 members (excludes halogenated alkanes) is 5. The Kier molecular flexibility index (Phi) is 41.0. The van der Waals surface area contributed by atoms with E-state index in [1.54, 1.807) is 0 Å². The van der Waals surface area contributed by atoms with Crippen LogP contribution >= 0.6 is 0 Å². The number of hydrogen-bond donors (Lipinski definition) is 22. The van der Waals surface area contributed by atoms with Gasteiger partial charge >= 0.3 is 0 Å². The minimum absolute atomic E-state index is 0.00701. The molecule has 572 valence electrons. The standard InChI is InChI=1S/C61H108N20O20/c1-35-50(89)78-43(17-5-10-24-70-53(92)38(64)32-84)60(99)80-26-12-19-45(80)58(97)73-29-48(87)76-41(15-4-9-23-69-52(91)37(63)31-83)56(95)77-42(16-2-7-21-67-49(88)34-101-66)57(96)79-44(18-6-11-25-71-54(93)39(65)33-85)61(100)81-27-13-20-46(81)59(98)72-28-47(86)75-40(55(94)74-35)14-3-8-22-68-51(90)36(62)30-82/h35-46,82-85H,2-34,62-66H2,1H3,(H,67,88)(H,68,90)(H,69,91)(H,70,92)(H,71,93)(H,72,98)(H,73,97)(H,74,94)(H,75,86)(H,76,87)(H,77,95)(H,78,89)(H,79,96)/t35-,36-,37-,38-,39-,40-,41-,42-,43-,44-,45-,46-/m0/s1. The molecule has 0 aromatic heterocycles. The van der Waals surface area contributed by atoms with E-state index in [1.807, 2.05) is 0 Å². The van der Waals surface area contributed by atoms with Gasteiger partial charge in [-0.1, -0.05) is 0 Å². The normalized spacial score (nSPS) is 23.1. The van der Waals surface area contributed by atoms with E-state index in [1.165, 1.54) is 16.7 Å². The number of carbonyl (C=O) groups is 15. The highest BCUT2D eigenvalue weighted by molar-refractivity contribution is 5.99. The van der Waals surface area contributed by atoms with Gasteiger partial charge in [0.1, 0.15) is 79.1 Å². The number of hydrogen-bond acceptors (Lipinski definition) is 25. The number of carbonyl (C=O) groups excluding carboxylic acids is 15. The average molecular weight is 1440 g/mol. The summed E-state index contributed by atoms with van der Waals surface area (Å²) in [5, 5.41) is 71.0. The number of fused-ring (bicyclic) bond motifs is 2. The second-order valence-corrected chi connectivity index (χ2v) is 24.9. The van der Waals surface area contributed by atoms with E-state index >= 15 is 0 Å². The Morgan fingerprint density at radius 1 is 0.426 bits per heavy atom. The Labute approximate surface area is 585 Å². The first kappa shape index (κ1) is 86.9. The van der Waals surface area contributed by atoms with Gasteiger partial charge in [0.05, 0.1) is 39.5 Å². The Bertz CT molecular complexity index is 2760. The van der Waals surface area contributed by atoms with Gasteiger partial charge in [-0.05, 0) is 129 Å². The summed E-state index contributed by atoms with van der Waals surface area (Å²) in [4.78, 5) is 212. The SMILES string of the molecule is C[C@@H]1NC(=O)[C@H](CCCCNC(=O)[C@@H](N)CO)NC(=O)CNC(=O)[C@@H]2CCCN2C(=O)[C@H](CCCCNC(=O)[C@@H](N)CO)NC(=O)[C@H](CCCCNC(=O)CON)NC(=O)[C@H](CCCCNC(=O)[C@@H](N)CO)NC(=O)CNC(=O)[C@@H]2CCCN2C(=O)[C@H](CCCCNC(=O)[C@@H](N)CO)NC1=O. The first-order valence-electron chi connectivity index (χ1n) is 34.3. The van der Waals surface area contributed by atoms with E-state index in [4.69, 9.17) is 28.8 Å². The van der Waals surface area contributed by atoms with Gasteiger partial charge in [-0.3, -0.25) is 76.8 Å². The number of nitrogens with one attached hydrogen (secondary N) is 13. The number of amides is 15. The van der Waals surface area contributed by atoms with Crippen molar-refractivity contribution in [1.82, 2.24) is 78.9 Å². The van der Waals surface area contributed by atoms with Crippen molar-refractivity contribution in [2.45, 2.75) is 201 Å². The summed E-state index contributed by atoms with van der Waals surface area (Å²) in [6.45, 7) is -3.02. The first-order chi connectivity index (χ1) is 48.2. The maximum absolute atomic E-state index is 14.9. The van der Waals surface area contributed by atoms with E-state index < -0.39 is 207 Å². The molecule has 0 aromatic rings. The van der Waals surface area contributed by atoms with E-state index in [0.717, 1.165) is 0 Å². The molecule has 3 saturated heterocycles. The molecular weight excluding hydrogens is 1330 g/mol. The number of aliphatic hydroxyl groups is 4. The van der Waals surface area contributed by atoms with Crippen LogP contribution < -0.4 is 97.9 Å². The molecule has 0 saturated carbocycles. The van der Waals surface area contributed by atoms with Gasteiger partial charge in [-0.15, -0.1) is 0 Å². The van der Waals surface area contributed by atoms with Crippen LogP contribution in [0.2, 0.25) is 0 Å². The zero-order chi connectivity index (χ0) is 75.0. The lowest BCUT2D eigenvalue weighted by Gasteiger charge is -2.30. The van der Waals surface area contributed by atoms with Crippen molar-refractivity contribution >= 4 is 88.6 Å². The van der Waals surface area contributed by atoms with Gasteiger partial charge in [-0.2, -0.15) is 0 Å². The molecule has 3 fully saturated rings. The Morgan fingerprint density at radius 3 is 1.06 bits per heavy atom. The quantitative estimate of drug-likeness (QED) is 0.0207. The minimum Gasteiger partial charge on any atom is -0.394 e. The summed E-state index contributed by atoms with van der Waals surface area (Å²) in [5.74, 6) is -6.66. The van der Waals surface area contributed by atoms with Gasteiger partial charge < -0.3 is 122 Å². The predicted octanol–water partition coefficient (Wildman–Crippen LogP) is -11.3. The summed E-state index contributed by atoms with van der Waals surface area (Å²) in [7, 11) is 0. The monoisotopic (exact) mass is 1440 g/mol. The van der Waals surface area contributed by atoms with Crippen molar-refractivity contribution in [2.75, 3.05) is 91.9 Å². The van der Waals surface area contributed by atoms with E-state index in [-0.39, 0.29) is 168 Å². The molecule has 3 heterocycles. The highest BCUT2D eigenvalue weighted by Gasteiger charge is 2.41. The summed E-state index contributed by atoms with van der Waals surface area (Å²) in [6.07, 6.45) is 1.95. The van der Waals surface area contributed by atoms with Crippen LogP contribution in [-0.4, -0.2) is 283 Å². The molecule has 40 nitrogen and oxygen atoms in total. The first-order valence-corrected chi connectivity index (χ1v) is 34.3. The molecule has 15 amide bonds. The maximum Gasteiger partial charge on any atom is 0.248 e. The van der Waals surface area contributed by atoms with Gasteiger partial charge in [0.2, 0.25) is 88.6 Å². The summed E-state index contributed by atoms with van der Waals surface area (Å²) in [6, 6.07) is -15.9. The second-order valence-electron chi connectivity index (χ2n) is 24.9. The van der Waals surface area contributed by atoms with Crippen LogP contribution in [0.4, 0.5) is 0 Å². The molecule has 40 heteroatoms. The molecule has 101 heavy (non-hydrogen) atoms. The number of nitrogens with two attached hydrogens (primary N) is 5. The van der Waals surface area contributed by atoms with Gasteiger partial charge in [0.15, 0.2) is 0 Å². The molecule has 0 spiro atoms. The van der Waals surface area contributed by atoms with Gasteiger partial charge in [0, 0.05) is 45.8 Å². The van der Waals surface area contributed by atoms with Crippen LogP contribution in [0.3, 0.4) is 0 Å². The van der Waals surface area contributed by atoms with Crippen molar-refractivity contribution in [3.8, 4) is 0 Å². The lowest BCUT2D eigenvalue weighted by atomic mass is 10.0. The smallest absolute Gasteiger partial charge is 0.248 e. The van der Waals surface area contributed by atoms with Crippen molar-refractivity contribution in [1.29, 1.82) is 0 Å². The van der Waals surface area contributed by atoms with Crippen molar-refractivity contribution in [2.24, 2.45) is 28.8 Å². The molecule has 0 bridgehead atoms. The van der Waals surface area contributed by atoms with Crippen molar-refractivity contribution in [3.63, 3.8) is 0 Å². The van der Waals surface area contributed by atoms with Crippen LogP contribution in [0.5, 0.6) is 0 Å². The van der Waals surface area contributed by atoms with E-state index in [9.17, 15) is 92.3 Å². The molecule has 0 aliphatic carbocycles. The molecule has 3 aliphatic rings. The third kappa shape index (κ3) is 31.6. The van der Waals surface area contributed by atoms with Crippen LogP contribution in [0.15, 0.2) is 0 Å². The lowest BCUT2D eigenvalue weighted by molar-refractivity contribution is -0.142. The largest absolute Gasteiger partial charge is 0.394 e. The van der Waals surface area contributed by atoms with Crippen molar-refractivity contribution < 1.29 is 97.2 Å². The third-order valence-corrected chi connectivity index (χ3v) is 16.9. The van der Waals surface area contributed by atoms with Gasteiger partial charge in [0.25, 0.3) is 0 Å². The maximum atomic E-state index is 14.9. The highest BCUT2D eigenvalue weighted by atomic mass is 16.6.